The van der Waals surface area contributed by atoms with E-state index in [4.69, 9.17) is 32.7 Å². The lowest BCUT2D eigenvalue weighted by atomic mass is 10.2. The molecule has 19 heavy (non-hydrogen) atoms. The van der Waals surface area contributed by atoms with Crippen molar-refractivity contribution in [3.8, 4) is 11.5 Å². The van der Waals surface area contributed by atoms with Crippen molar-refractivity contribution in [3.63, 3.8) is 0 Å². The number of alkyl halides is 1. The van der Waals surface area contributed by atoms with Crippen molar-refractivity contribution in [3.05, 3.63) is 58.6 Å². The van der Waals surface area contributed by atoms with Crippen molar-refractivity contribution in [1.82, 2.24) is 0 Å². The fraction of sp³-hybridized carbons (Fsp3) is 0.200. The lowest BCUT2D eigenvalue weighted by molar-refractivity contribution is 0.301. The largest absolute Gasteiger partial charge is 0.497 e. The summed E-state index contributed by atoms with van der Waals surface area (Å²) in [5.41, 5.74) is 1.86. The molecule has 0 aliphatic rings. The summed E-state index contributed by atoms with van der Waals surface area (Å²) >= 11 is 12.0. The van der Waals surface area contributed by atoms with Gasteiger partial charge in [0.15, 0.2) is 0 Å². The van der Waals surface area contributed by atoms with Crippen molar-refractivity contribution >= 4 is 23.2 Å². The summed E-state index contributed by atoms with van der Waals surface area (Å²) in [6.45, 7) is 0.400. The highest BCUT2D eigenvalue weighted by atomic mass is 35.5. The zero-order valence-corrected chi connectivity index (χ0v) is 12.0. The zero-order valence-electron chi connectivity index (χ0n) is 10.5. The number of methoxy groups -OCH3 is 1. The van der Waals surface area contributed by atoms with Crippen LogP contribution in [0, 0.1) is 0 Å². The number of hydrogen-bond acceptors (Lipinski definition) is 2. The van der Waals surface area contributed by atoms with Crippen LogP contribution in [0.1, 0.15) is 11.1 Å². The molecule has 2 aromatic rings. The molecular weight excluding hydrogens is 283 g/mol. The standard InChI is InChI=1S/C15H14Cl2O2/c1-18-13-7-6-11(9-16)15(8-13)19-10-12-4-2-3-5-14(12)17/h2-8H,9-10H2,1H3. The fourth-order valence-corrected chi connectivity index (χ4v) is 2.09. The molecule has 4 heteroatoms. The van der Waals surface area contributed by atoms with Gasteiger partial charge in [-0.1, -0.05) is 35.9 Å². The first-order chi connectivity index (χ1) is 9.24. The van der Waals surface area contributed by atoms with Gasteiger partial charge >= 0.3 is 0 Å². The van der Waals surface area contributed by atoms with Crippen LogP contribution in [0.5, 0.6) is 11.5 Å². The Balaban J connectivity index is 2.16. The molecule has 0 radical (unpaired) electrons. The summed E-state index contributed by atoms with van der Waals surface area (Å²) < 4.78 is 11.0. The molecule has 100 valence electrons. The van der Waals surface area contributed by atoms with Crippen molar-refractivity contribution < 1.29 is 9.47 Å². The maximum atomic E-state index is 6.09. The Hall–Kier alpha value is -1.38. The van der Waals surface area contributed by atoms with Gasteiger partial charge in [-0.15, -0.1) is 11.6 Å². The van der Waals surface area contributed by atoms with E-state index in [1.165, 1.54) is 0 Å². The Kier molecular flexibility index (Phi) is 4.94. The number of hydrogen-bond donors (Lipinski definition) is 0. The predicted molar refractivity (Wildman–Crippen MR) is 78.3 cm³/mol. The lowest BCUT2D eigenvalue weighted by Gasteiger charge is -2.12. The SMILES string of the molecule is COc1ccc(CCl)c(OCc2ccccc2Cl)c1. The van der Waals surface area contributed by atoms with Crippen molar-refractivity contribution in [2.24, 2.45) is 0 Å². The average Bonchev–Trinajstić information content (AvgIpc) is 2.46. The Morgan fingerprint density at radius 3 is 2.53 bits per heavy atom. The quantitative estimate of drug-likeness (QED) is 0.747. The molecule has 2 rings (SSSR count). The van der Waals surface area contributed by atoms with Gasteiger partial charge in [0, 0.05) is 22.2 Å². The monoisotopic (exact) mass is 296 g/mol. The van der Waals surface area contributed by atoms with Crippen LogP contribution in [0.15, 0.2) is 42.5 Å². The van der Waals surface area contributed by atoms with Gasteiger partial charge in [0.1, 0.15) is 18.1 Å². The second kappa shape index (κ2) is 6.69. The second-order valence-corrected chi connectivity index (χ2v) is 4.66. The third-order valence-electron chi connectivity index (χ3n) is 2.76. The molecule has 0 saturated heterocycles. The average molecular weight is 297 g/mol. The van der Waals surface area contributed by atoms with Crippen LogP contribution >= 0.6 is 23.2 Å². The molecule has 0 spiro atoms. The summed E-state index contributed by atoms with van der Waals surface area (Å²) in [4.78, 5) is 0. The minimum Gasteiger partial charge on any atom is -0.497 e. The highest BCUT2D eigenvalue weighted by molar-refractivity contribution is 6.31. The topological polar surface area (TPSA) is 18.5 Å². The van der Waals surface area contributed by atoms with E-state index in [0.717, 1.165) is 16.9 Å². The maximum absolute atomic E-state index is 6.09. The molecule has 0 bridgehead atoms. The van der Waals surface area contributed by atoms with Crippen LogP contribution in [-0.4, -0.2) is 7.11 Å². The summed E-state index contributed by atoms with van der Waals surface area (Å²) in [5.74, 6) is 1.85. The van der Waals surface area contributed by atoms with Crippen molar-refractivity contribution in [2.75, 3.05) is 7.11 Å². The van der Waals surface area contributed by atoms with Gasteiger partial charge < -0.3 is 9.47 Å². The third-order valence-corrected chi connectivity index (χ3v) is 3.42. The molecule has 2 nitrogen and oxygen atoms in total. The predicted octanol–water partition coefficient (Wildman–Crippen LogP) is 4.67. The normalized spacial score (nSPS) is 10.3. The summed E-state index contributed by atoms with van der Waals surface area (Å²) in [7, 11) is 1.62. The molecule has 0 aliphatic carbocycles. The minimum absolute atomic E-state index is 0.391. The van der Waals surface area contributed by atoms with Gasteiger partial charge in [0.25, 0.3) is 0 Å². The maximum Gasteiger partial charge on any atom is 0.127 e. The molecule has 2 aromatic carbocycles. The summed E-state index contributed by atoms with van der Waals surface area (Å²) in [6, 6.07) is 13.2. The number of rotatable bonds is 5. The van der Waals surface area contributed by atoms with Crippen LogP contribution < -0.4 is 9.47 Å². The molecule has 0 aliphatic heterocycles. The van der Waals surface area contributed by atoms with Gasteiger partial charge in [-0.05, 0) is 12.1 Å². The highest BCUT2D eigenvalue weighted by Crippen LogP contribution is 2.27. The van der Waals surface area contributed by atoms with Crippen molar-refractivity contribution in [2.45, 2.75) is 12.5 Å². The Morgan fingerprint density at radius 2 is 1.84 bits per heavy atom. The van der Waals surface area contributed by atoms with Crippen LogP contribution in [0.3, 0.4) is 0 Å². The first-order valence-electron chi connectivity index (χ1n) is 5.83. The molecule has 0 fully saturated rings. The van der Waals surface area contributed by atoms with E-state index in [1.807, 2.05) is 42.5 Å². The minimum atomic E-state index is 0.391. The van der Waals surface area contributed by atoms with Crippen LogP contribution in [0.4, 0.5) is 0 Å². The number of ether oxygens (including phenoxy) is 2. The first kappa shape index (κ1) is 14.0. The van der Waals surface area contributed by atoms with Gasteiger partial charge in [0.2, 0.25) is 0 Å². The Morgan fingerprint density at radius 1 is 1.05 bits per heavy atom. The molecule has 0 amide bonds. The fourth-order valence-electron chi connectivity index (χ4n) is 1.68. The molecule has 0 saturated carbocycles. The van der Waals surface area contributed by atoms with Crippen LogP contribution in [0.25, 0.3) is 0 Å². The third kappa shape index (κ3) is 3.55. The Labute approximate surface area is 122 Å². The van der Waals surface area contributed by atoms with Crippen LogP contribution in [-0.2, 0) is 12.5 Å². The van der Waals surface area contributed by atoms with Gasteiger partial charge in [-0.25, -0.2) is 0 Å². The number of benzene rings is 2. The van der Waals surface area contributed by atoms with E-state index in [-0.39, 0.29) is 0 Å². The van der Waals surface area contributed by atoms with Gasteiger partial charge in [-0.2, -0.15) is 0 Å². The molecule has 0 atom stereocenters. The van der Waals surface area contributed by atoms with E-state index in [9.17, 15) is 0 Å². The lowest BCUT2D eigenvalue weighted by Crippen LogP contribution is -1.99. The molecular formula is C15H14Cl2O2. The number of halogens is 2. The smallest absolute Gasteiger partial charge is 0.127 e. The van der Waals surface area contributed by atoms with Crippen LogP contribution in [0.2, 0.25) is 5.02 Å². The molecule has 0 unspecified atom stereocenters. The highest BCUT2D eigenvalue weighted by Gasteiger charge is 2.06. The van der Waals surface area contributed by atoms with E-state index in [0.29, 0.717) is 23.3 Å². The van der Waals surface area contributed by atoms with E-state index >= 15 is 0 Å². The van der Waals surface area contributed by atoms with E-state index < -0.39 is 0 Å². The Bertz CT molecular complexity index is 556. The second-order valence-electron chi connectivity index (χ2n) is 3.99. The summed E-state index contributed by atoms with van der Waals surface area (Å²) in [5, 5.41) is 0.692. The molecule has 0 aromatic heterocycles. The summed E-state index contributed by atoms with van der Waals surface area (Å²) in [6.07, 6.45) is 0. The molecule has 0 heterocycles. The molecule has 0 N–H and O–H groups in total. The van der Waals surface area contributed by atoms with Gasteiger partial charge in [0.05, 0.1) is 13.0 Å². The van der Waals surface area contributed by atoms with E-state index in [1.54, 1.807) is 7.11 Å². The van der Waals surface area contributed by atoms with Gasteiger partial charge in [-0.3, -0.25) is 0 Å². The van der Waals surface area contributed by atoms with Crippen molar-refractivity contribution in [1.29, 1.82) is 0 Å². The zero-order chi connectivity index (χ0) is 13.7. The van der Waals surface area contributed by atoms with E-state index in [2.05, 4.69) is 0 Å². The first-order valence-corrected chi connectivity index (χ1v) is 6.75.